The van der Waals surface area contributed by atoms with Gasteiger partial charge in [0.2, 0.25) is 5.91 Å². The van der Waals surface area contributed by atoms with Gasteiger partial charge < -0.3 is 25.2 Å². The maximum absolute atomic E-state index is 12.9. The van der Waals surface area contributed by atoms with Crippen LogP contribution in [0.1, 0.15) is 38.3 Å². The van der Waals surface area contributed by atoms with E-state index in [2.05, 4.69) is 10.6 Å². The van der Waals surface area contributed by atoms with E-state index in [1.807, 2.05) is 24.3 Å². The molecule has 0 aliphatic rings. The van der Waals surface area contributed by atoms with Crippen molar-refractivity contribution in [1.29, 1.82) is 0 Å². The molecule has 0 radical (unpaired) electrons. The molecule has 0 saturated heterocycles. The van der Waals surface area contributed by atoms with Gasteiger partial charge in [0.1, 0.15) is 24.3 Å². The summed E-state index contributed by atoms with van der Waals surface area (Å²) in [5.41, 5.74) is 0.696. The van der Waals surface area contributed by atoms with E-state index in [0.29, 0.717) is 0 Å². The number of esters is 1. The molecule has 2 amide bonds. The Morgan fingerprint density at radius 1 is 0.853 bits per heavy atom. The highest BCUT2D eigenvalue weighted by atomic mass is 16.6. The van der Waals surface area contributed by atoms with Gasteiger partial charge in [-0.3, -0.25) is 9.59 Å². The van der Waals surface area contributed by atoms with E-state index in [0.717, 1.165) is 11.1 Å². The number of carbonyl (C=O) groups excluding carboxylic acids is 3. The third kappa shape index (κ3) is 9.72. The van der Waals surface area contributed by atoms with Gasteiger partial charge in [0.25, 0.3) is 0 Å². The second kappa shape index (κ2) is 12.4. The van der Waals surface area contributed by atoms with Gasteiger partial charge in [0.05, 0.1) is 6.42 Å². The molecule has 0 fully saturated rings. The molecule has 0 saturated carbocycles. The molecular formula is C25H30N2O7. The lowest BCUT2D eigenvalue weighted by Crippen LogP contribution is -2.53. The first-order valence-corrected chi connectivity index (χ1v) is 10.8. The lowest BCUT2D eigenvalue weighted by atomic mass is 10.0. The highest BCUT2D eigenvalue weighted by Gasteiger charge is 2.30. The number of alkyl carbamates (subject to hydrolysis) is 1. The van der Waals surface area contributed by atoms with Crippen molar-refractivity contribution in [2.24, 2.45) is 0 Å². The van der Waals surface area contributed by atoms with Crippen molar-refractivity contribution in [1.82, 2.24) is 10.6 Å². The van der Waals surface area contributed by atoms with Crippen molar-refractivity contribution in [2.45, 2.75) is 57.9 Å². The molecule has 9 nitrogen and oxygen atoms in total. The number of carbonyl (C=O) groups is 4. The minimum atomic E-state index is -1.45. The molecule has 0 heterocycles. The van der Waals surface area contributed by atoms with Crippen LogP contribution >= 0.6 is 0 Å². The molecule has 182 valence electrons. The molecule has 0 bridgehead atoms. The number of ether oxygens (including phenoxy) is 2. The molecule has 0 spiro atoms. The number of hydrogen-bond acceptors (Lipinski definition) is 6. The summed E-state index contributed by atoms with van der Waals surface area (Å²) in [6.07, 6.45) is -1.52. The molecule has 2 rings (SSSR count). The van der Waals surface area contributed by atoms with Crippen molar-refractivity contribution in [3.8, 4) is 0 Å². The van der Waals surface area contributed by atoms with Gasteiger partial charge in [-0.05, 0) is 31.9 Å². The average Bonchev–Trinajstić information content (AvgIpc) is 2.76. The molecule has 34 heavy (non-hydrogen) atoms. The zero-order valence-corrected chi connectivity index (χ0v) is 19.4. The molecule has 2 aromatic rings. The molecule has 0 aromatic heterocycles. The van der Waals surface area contributed by atoms with Gasteiger partial charge in [-0.15, -0.1) is 0 Å². The van der Waals surface area contributed by atoms with Crippen LogP contribution in [-0.2, 0) is 36.9 Å². The van der Waals surface area contributed by atoms with Crippen LogP contribution in [0, 0.1) is 0 Å². The van der Waals surface area contributed by atoms with Crippen LogP contribution in [0.25, 0.3) is 0 Å². The third-order valence-corrected chi connectivity index (χ3v) is 4.49. The summed E-state index contributed by atoms with van der Waals surface area (Å²) in [7, 11) is 0. The van der Waals surface area contributed by atoms with Crippen molar-refractivity contribution >= 4 is 23.9 Å². The zero-order valence-electron chi connectivity index (χ0n) is 19.4. The van der Waals surface area contributed by atoms with Gasteiger partial charge in [-0.2, -0.15) is 0 Å². The molecule has 0 aliphatic heterocycles. The monoisotopic (exact) mass is 470 g/mol. The Balaban J connectivity index is 2.14. The van der Waals surface area contributed by atoms with E-state index in [1.165, 1.54) is 0 Å². The number of rotatable bonds is 10. The van der Waals surface area contributed by atoms with Crippen molar-refractivity contribution in [3.63, 3.8) is 0 Å². The topological polar surface area (TPSA) is 131 Å². The van der Waals surface area contributed by atoms with Crippen LogP contribution in [0.3, 0.4) is 0 Å². The van der Waals surface area contributed by atoms with Crippen molar-refractivity contribution < 1.29 is 33.8 Å². The summed E-state index contributed by atoms with van der Waals surface area (Å²) in [6, 6.07) is 15.5. The van der Waals surface area contributed by atoms with Gasteiger partial charge in [-0.25, -0.2) is 9.59 Å². The molecular weight excluding hydrogens is 440 g/mol. The van der Waals surface area contributed by atoms with E-state index >= 15 is 0 Å². The molecule has 2 atom stereocenters. The maximum atomic E-state index is 12.9. The summed E-state index contributed by atoms with van der Waals surface area (Å²) in [6.45, 7) is 4.92. The van der Waals surface area contributed by atoms with Crippen LogP contribution in [0.5, 0.6) is 0 Å². The second-order valence-electron chi connectivity index (χ2n) is 8.64. The van der Waals surface area contributed by atoms with Crippen LogP contribution in [0.2, 0.25) is 0 Å². The van der Waals surface area contributed by atoms with Crippen LogP contribution in [-0.4, -0.2) is 46.7 Å². The number of benzene rings is 2. The smallest absolute Gasteiger partial charge is 0.408 e. The maximum Gasteiger partial charge on any atom is 0.408 e. The first-order valence-electron chi connectivity index (χ1n) is 10.8. The number of hydrogen-bond donors (Lipinski definition) is 3. The predicted octanol–water partition coefficient (Wildman–Crippen LogP) is 2.83. The van der Waals surface area contributed by atoms with Gasteiger partial charge >= 0.3 is 18.0 Å². The molecule has 0 aliphatic carbocycles. The number of carboxylic acids is 1. The van der Waals surface area contributed by atoms with E-state index in [9.17, 15) is 24.3 Å². The number of aliphatic carboxylic acids is 1. The van der Waals surface area contributed by atoms with Crippen LogP contribution in [0.4, 0.5) is 4.79 Å². The Labute approximate surface area is 198 Å². The number of carboxylic acid groups (broad SMARTS) is 1. The highest BCUT2D eigenvalue weighted by Crippen LogP contribution is 2.10. The Morgan fingerprint density at radius 2 is 1.41 bits per heavy atom. The van der Waals surface area contributed by atoms with E-state index in [4.69, 9.17) is 9.47 Å². The largest absolute Gasteiger partial charge is 0.481 e. The minimum Gasteiger partial charge on any atom is -0.481 e. The summed E-state index contributed by atoms with van der Waals surface area (Å²) in [4.78, 5) is 49.2. The number of nitrogens with one attached hydrogen (secondary N) is 2. The van der Waals surface area contributed by atoms with Crippen molar-refractivity contribution in [3.05, 3.63) is 71.8 Å². The van der Waals surface area contributed by atoms with Gasteiger partial charge in [0.15, 0.2) is 0 Å². The van der Waals surface area contributed by atoms with Crippen LogP contribution in [0.15, 0.2) is 60.7 Å². The summed E-state index contributed by atoms with van der Waals surface area (Å²) < 4.78 is 10.5. The van der Waals surface area contributed by atoms with E-state index in [1.54, 1.807) is 57.2 Å². The summed E-state index contributed by atoms with van der Waals surface area (Å²) >= 11 is 0. The first-order chi connectivity index (χ1) is 16.0. The van der Waals surface area contributed by atoms with Crippen molar-refractivity contribution in [2.75, 3.05) is 0 Å². The SMILES string of the molecule is CC(C)(C)OC(=O)N[C@@H](CC(=O)O)C(=O)N[C@@H](Cc1ccccc1)C(=O)OCc1ccccc1. The minimum absolute atomic E-state index is 0.00947. The molecule has 3 N–H and O–H groups in total. The quantitative estimate of drug-likeness (QED) is 0.455. The summed E-state index contributed by atoms with van der Waals surface area (Å²) in [5, 5.41) is 14.0. The first kappa shape index (κ1) is 26.4. The Hall–Kier alpha value is -3.88. The fourth-order valence-corrected chi connectivity index (χ4v) is 2.98. The van der Waals surface area contributed by atoms with E-state index < -0.39 is 48.0 Å². The fourth-order valence-electron chi connectivity index (χ4n) is 2.98. The normalized spacial score (nSPS) is 12.7. The summed E-state index contributed by atoms with van der Waals surface area (Å²) in [5.74, 6) is -2.83. The Morgan fingerprint density at radius 3 is 1.94 bits per heavy atom. The van der Waals surface area contributed by atoms with E-state index in [-0.39, 0.29) is 13.0 Å². The van der Waals surface area contributed by atoms with Gasteiger partial charge in [-0.1, -0.05) is 60.7 Å². The highest BCUT2D eigenvalue weighted by molar-refractivity contribution is 5.92. The van der Waals surface area contributed by atoms with Crippen LogP contribution < -0.4 is 10.6 Å². The fraction of sp³-hybridized carbons (Fsp3) is 0.360. The standard InChI is InChI=1S/C25H30N2O7/c1-25(2,3)34-24(32)27-19(15-21(28)29)22(30)26-20(14-17-10-6-4-7-11-17)23(31)33-16-18-12-8-5-9-13-18/h4-13,19-20H,14-16H2,1-3H3,(H,26,30)(H,27,32)(H,28,29)/t19-,20-/m0/s1. The lowest BCUT2D eigenvalue weighted by molar-refractivity contribution is -0.149. The molecule has 2 aromatic carbocycles. The second-order valence-corrected chi connectivity index (χ2v) is 8.64. The predicted molar refractivity (Wildman–Crippen MR) is 124 cm³/mol. The van der Waals surface area contributed by atoms with Gasteiger partial charge in [0, 0.05) is 6.42 Å². The molecule has 0 unspecified atom stereocenters. The zero-order chi connectivity index (χ0) is 25.1. The Bertz CT molecular complexity index is 972. The average molecular weight is 471 g/mol. The number of amides is 2. The Kier molecular flexibility index (Phi) is 9.61. The lowest BCUT2D eigenvalue weighted by Gasteiger charge is -2.24. The molecule has 9 heteroatoms. The third-order valence-electron chi connectivity index (χ3n) is 4.49.